The largest absolute Gasteiger partial charge is 0.322 e. The fourth-order valence-electron chi connectivity index (χ4n) is 1.88. The van der Waals surface area contributed by atoms with Gasteiger partial charge >= 0.3 is 0 Å². The summed E-state index contributed by atoms with van der Waals surface area (Å²) in [5, 5.41) is 12.0. The summed E-state index contributed by atoms with van der Waals surface area (Å²) in [6.45, 7) is 0. The topological polar surface area (TPSA) is 72.7 Å². The van der Waals surface area contributed by atoms with Gasteiger partial charge in [-0.15, -0.1) is 10.2 Å². The van der Waals surface area contributed by atoms with E-state index in [1.807, 2.05) is 42.1 Å². The minimum Gasteiger partial charge on any atom is -0.322 e. The molecule has 0 bridgehead atoms. The molecule has 9 heteroatoms. The molecule has 0 fully saturated rings. The highest BCUT2D eigenvalue weighted by Crippen LogP contribution is 2.25. The number of aromatic nitrogens is 4. The van der Waals surface area contributed by atoms with Crippen LogP contribution in [-0.2, 0) is 11.8 Å². The van der Waals surface area contributed by atoms with Crippen LogP contribution in [0.2, 0.25) is 0 Å². The molecule has 6 nitrogen and oxygen atoms in total. The molecule has 0 aliphatic rings. The Labute approximate surface area is 139 Å². The molecular formula is C13H13N5OS3. The summed E-state index contributed by atoms with van der Waals surface area (Å²) >= 11 is 4.28. The number of amides is 1. The lowest BCUT2D eigenvalue weighted by Gasteiger charge is -2.02. The minimum atomic E-state index is -0.110. The zero-order valence-corrected chi connectivity index (χ0v) is 14.4. The molecule has 3 aromatic rings. The Morgan fingerprint density at radius 1 is 1.36 bits per heavy atom. The molecule has 0 aliphatic heterocycles. The van der Waals surface area contributed by atoms with Gasteiger partial charge in [-0.25, -0.2) is 4.98 Å². The van der Waals surface area contributed by atoms with Crippen LogP contribution in [-0.4, -0.2) is 37.7 Å². The van der Waals surface area contributed by atoms with E-state index in [1.54, 1.807) is 0 Å². The summed E-state index contributed by atoms with van der Waals surface area (Å²) < 4.78 is 2.82. The van der Waals surface area contributed by atoms with Gasteiger partial charge in [-0.2, -0.15) is 0 Å². The monoisotopic (exact) mass is 351 g/mol. The second-order valence-corrected chi connectivity index (χ2v) is 7.33. The van der Waals surface area contributed by atoms with Gasteiger partial charge in [0.25, 0.3) is 0 Å². The maximum atomic E-state index is 12.0. The standard InChI is InChI=1S/C13H13N5OS3/c1-18-9-6-4-3-5-8(9)14-12(18)21-7-10(19)15-11-16-17-13(20-2)22-11/h3-6H,7H2,1-2H3,(H,15,16,19). The molecule has 0 unspecified atom stereocenters. The average Bonchev–Trinajstić information content (AvgIpc) is 3.10. The van der Waals surface area contributed by atoms with E-state index >= 15 is 0 Å². The number of nitrogens with zero attached hydrogens (tertiary/aromatic N) is 4. The number of hydrogen-bond donors (Lipinski definition) is 1. The number of hydrogen-bond acceptors (Lipinski definition) is 7. The maximum Gasteiger partial charge on any atom is 0.236 e. The summed E-state index contributed by atoms with van der Waals surface area (Å²) in [5.41, 5.74) is 1.99. The third kappa shape index (κ3) is 3.26. The van der Waals surface area contributed by atoms with Gasteiger partial charge in [-0.05, 0) is 18.4 Å². The van der Waals surface area contributed by atoms with Crippen LogP contribution >= 0.6 is 34.9 Å². The lowest BCUT2D eigenvalue weighted by atomic mass is 10.3. The van der Waals surface area contributed by atoms with Gasteiger partial charge in [0.05, 0.1) is 16.8 Å². The van der Waals surface area contributed by atoms with Crippen LogP contribution in [0, 0.1) is 0 Å². The second kappa shape index (κ2) is 6.67. The number of thioether (sulfide) groups is 2. The Kier molecular flexibility index (Phi) is 4.65. The number of aryl methyl sites for hydroxylation is 1. The summed E-state index contributed by atoms with van der Waals surface area (Å²) in [5.74, 6) is 0.173. The van der Waals surface area contributed by atoms with Crippen LogP contribution in [0.4, 0.5) is 5.13 Å². The summed E-state index contributed by atoms with van der Waals surface area (Å²) in [7, 11) is 1.95. The van der Waals surface area contributed by atoms with Gasteiger partial charge in [0.1, 0.15) is 0 Å². The SMILES string of the molecule is CSc1nnc(NC(=O)CSc2nc3ccccc3n2C)s1. The fourth-order valence-corrected chi connectivity index (χ4v) is 3.85. The molecule has 0 radical (unpaired) electrons. The molecule has 3 rings (SSSR count). The van der Waals surface area contributed by atoms with Crippen molar-refractivity contribution in [1.82, 2.24) is 19.7 Å². The van der Waals surface area contributed by atoms with Gasteiger partial charge in [0, 0.05) is 7.05 Å². The first kappa shape index (κ1) is 15.3. The molecule has 0 saturated carbocycles. The van der Waals surface area contributed by atoms with Crippen LogP contribution in [0.15, 0.2) is 33.8 Å². The number of rotatable bonds is 5. The molecule has 1 N–H and O–H groups in total. The van der Waals surface area contributed by atoms with Crippen LogP contribution in [0.5, 0.6) is 0 Å². The molecule has 2 heterocycles. The van der Waals surface area contributed by atoms with Crippen LogP contribution in [0.25, 0.3) is 11.0 Å². The molecule has 114 valence electrons. The highest BCUT2D eigenvalue weighted by molar-refractivity contribution is 8.00. The number of fused-ring (bicyclic) bond motifs is 1. The highest BCUT2D eigenvalue weighted by atomic mass is 32.2. The van der Waals surface area contributed by atoms with Gasteiger partial charge in [-0.3, -0.25) is 10.1 Å². The molecule has 0 spiro atoms. The summed E-state index contributed by atoms with van der Waals surface area (Å²) in [6.07, 6.45) is 1.92. The zero-order chi connectivity index (χ0) is 15.5. The molecule has 22 heavy (non-hydrogen) atoms. The van der Waals surface area contributed by atoms with E-state index in [-0.39, 0.29) is 11.7 Å². The summed E-state index contributed by atoms with van der Waals surface area (Å²) in [6, 6.07) is 7.90. The van der Waals surface area contributed by atoms with Gasteiger partial charge in [0.2, 0.25) is 11.0 Å². The molecule has 0 atom stereocenters. The smallest absolute Gasteiger partial charge is 0.236 e. The van der Waals surface area contributed by atoms with Crippen molar-refractivity contribution < 1.29 is 4.79 Å². The van der Waals surface area contributed by atoms with Crippen LogP contribution in [0.1, 0.15) is 0 Å². The van der Waals surface area contributed by atoms with E-state index in [0.29, 0.717) is 5.13 Å². The van der Waals surface area contributed by atoms with Crippen LogP contribution in [0.3, 0.4) is 0 Å². The van der Waals surface area contributed by atoms with Crippen molar-refractivity contribution in [2.24, 2.45) is 7.05 Å². The molecule has 0 saturated heterocycles. The highest BCUT2D eigenvalue weighted by Gasteiger charge is 2.12. The predicted molar refractivity (Wildman–Crippen MR) is 91.8 cm³/mol. The van der Waals surface area contributed by atoms with Gasteiger partial charge in [0.15, 0.2) is 9.50 Å². The van der Waals surface area contributed by atoms with Crippen molar-refractivity contribution in [2.45, 2.75) is 9.50 Å². The lowest BCUT2D eigenvalue weighted by molar-refractivity contribution is -0.113. The van der Waals surface area contributed by atoms with Gasteiger partial charge in [-0.1, -0.05) is 47.0 Å². The Morgan fingerprint density at radius 3 is 2.91 bits per heavy atom. The Hall–Kier alpha value is -1.58. The van der Waals surface area contributed by atoms with E-state index in [9.17, 15) is 4.79 Å². The average molecular weight is 351 g/mol. The van der Waals surface area contributed by atoms with E-state index in [1.165, 1.54) is 34.9 Å². The normalized spacial score (nSPS) is 11.0. The number of benzene rings is 1. The maximum absolute atomic E-state index is 12.0. The third-order valence-corrected chi connectivity index (χ3v) is 5.75. The second-order valence-electron chi connectivity index (χ2n) is 4.36. The number of carbonyl (C=O) groups excluding carboxylic acids is 1. The van der Waals surface area contributed by atoms with Crippen molar-refractivity contribution in [1.29, 1.82) is 0 Å². The molecule has 1 aromatic carbocycles. The molecule has 1 amide bonds. The Balaban J connectivity index is 1.63. The fraction of sp³-hybridized carbons (Fsp3) is 0.231. The minimum absolute atomic E-state index is 0.110. The molecular weight excluding hydrogens is 338 g/mol. The summed E-state index contributed by atoms with van der Waals surface area (Å²) in [4.78, 5) is 16.5. The quantitative estimate of drug-likeness (QED) is 0.563. The van der Waals surface area contributed by atoms with E-state index in [4.69, 9.17) is 0 Å². The van der Waals surface area contributed by atoms with Crippen molar-refractivity contribution in [3.63, 3.8) is 0 Å². The van der Waals surface area contributed by atoms with E-state index < -0.39 is 0 Å². The third-order valence-electron chi connectivity index (χ3n) is 2.91. The number of anilines is 1. The van der Waals surface area contributed by atoms with Crippen molar-refractivity contribution >= 4 is 56.9 Å². The number of para-hydroxylation sites is 2. The first-order chi connectivity index (χ1) is 10.7. The van der Waals surface area contributed by atoms with Crippen LogP contribution < -0.4 is 5.32 Å². The van der Waals surface area contributed by atoms with E-state index in [0.717, 1.165) is 20.5 Å². The van der Waals surface area contributed by atoms with Gasteiger partial charge < -0.3 is 4.57 Å². The molecule has 0 aliphatic carbocycles. The number of nitrogens with one attached hydrogen (secondary N) is 1. The molecule has 2 aromatic heterocycles. The first-order valence-electron chi connectivity index (χ1n) is 6.39. The first-order valence-corrected chi connectivity index (χ1v) is 9.41. The predicted octanol–water partition coefficient (Wildman–Crippen LogP) is 2.88. The number of carbonyl (C=O) groups is 1. The van der Waals surface area contributed by atoms with Crippen molar-refractivity contribution in [3.8, 4) is 0 Å². The Morgan fingerprint density at radius 2 is 2.18 bits per heavy atom. The van der Waals surface area contributed by atoms with Crippen molar-refractivity contribution in [3.05, 3.63) is 24.3 Å². The van der Waals surface area contributed by atoms with Crippen molar-refractivity contribution in [2.75, 3.05) is 17.3 Å². The number of imidazole rings is 1. The zero-order valence-electron chi connectivity index (χ0n) is 11.9. The van der Waals surface area contributed by atoms with E-state index in [2.05, 4.69) is 20.5 Å². The lowest BCUT2D eigenvalue weighted by Crippen LogP contribution is -2.14. The Bertz CT molecular complexity index is 813.